The predicted molar refractivity (Wildman–Crippen MR) is 136 cm³/mol. The Hall–Kier alpha value is -2.72. The molecule has 1 fully saturated rings. The van der Waals surface area contributed by atoms with Crippen molar-refractivity contribution in [2.75, 3.05) is 19.0 Å². The standard InChI is InChI=1S/C28H36N4/c1-8-10-20-11-9-12-21-17-22(13-14-24(20)21)25-15-16-26(30-29-25)31(6)23-18-27(2,3)32(7)28(4,5)19-23/h8-9,11-17,23H,1,10,18-19H2,2-7H3. The van der Waals surface area contributed by atoms with Gasteiger partial charge in [-0.05, 0) is 88.5 Å². The molecule has 0 aliphatic carbocycles. The molecule has 0 bridgehead atoms. The summed E-state index contributed by atoms with van der Waals surface area (Å²) in [6, 6.07) is 17.6. The first kappa shape index (κ1) is 22.5. The molecule has 168 valence electrons. The van der Waals surface area contributed by atoms with Crippen LogP contribution < -0.4 is 4.90 Å². The maximum Gasteiger partial charge on any atom is 0.151 e. The molecule has 2 heterocycles. The minimum absolute atomic E-state index is 0.142. The molecule has 2 aromatic carbocycles. The highest BCUT2D eigenvalue weighted by molar-refractivity contribution is 5.89. The molecule has 0 unspecified atom stereocenters. The van der Waals surface area contributed by atoms with Crippen molar-refractivity contribution in [3.63, 3.8) is 0 Å². The molecule has 4 nitrogen and oxygen atoms in total. The molecule has 1 aliphatic rings. The third kappa shape index (κ3) is 4.16. The van der Waals surface area contributed by atoms with Gasteiger partial charge in [-0.25, -0.2) is 0 Å². The van der Waals surface area contributed by atoms with E-state index < -0.39 is 0 Å². The van der Waals surface area contributed by atoms with Gasteiger partial charge in [0.15, 0.2) is 5.82 Å². The van der Waals surface area contributed by atoms with Crippen LogP contribution in [0, 0.1) is 0 Å². The number of allylic oxidation sites excluding steroid dienone is 1. The number of likely N-dealkylation sites (tertiary alicyclic amines) is 1. The van der Waals surface area contributed by atoms with Crippen LogP contribution in [0.1, 0.15) is 46.1 Å². The normalized spacial score (nSPS) is 18.6. The molecule has 4 heteroatoms. The highest BCUT2D eigenvalue weighted by atomic mass is 15.3. The van der Waals surface area contributed by atoms with Crippen molar-refractivity contribution in [1.29, 1.82) is 0 Å². The van der Waals surface area contributed by atoms with Crippen LogP contribution in [0.15, 0.2) is 61.2 Å². The van der Waals surface area contributed by atoms with Crippen LogP contribution >= 0.6 is 0 Å². The fourth-order valence-corrected chi connectivity index (χ4v) is 5.29. The highest BCUT2D eigenvalue weighted by Crippen LogP contribution is 2.39. The van der Waals surface area contributed by atoms with E-state index in [1.54, 1.807) is 0 Å². The maximum atomic E-state index is 4.62. The van der Waals surface area contributed by atoms with Gasteiger partial charge in [0.1, 0.15) is 0 Å². The summed E-state index contributed by atoms with van der Waals surface area (Å²) in [5.41, 5.74) is 3.59. The topological polar surface area (TPSA) is 32.3 Å². The SMILES string of the molecule is C=CCc1cccc2cc(-c3ccc(N(C)C4CC(C)(C)N(C)C(C)(C)C4)nn3)ccc12. The Kier molecular flexibility index (Phi) is 5.85. The highest BCUT2D eigenvalue weighted by Gasteiger charge is 2.44. The molecule has 0 atom stereocenters. The van der Waals surface area contributed by atoms with Crippen molar-refractivity contribution in [2.45, 2.75) is 64.1 Å². The largest absolute Gasteiger partial charge is 0.355 e. The van der Waals surface area contributed by atoms with E-state index in [0.29, 0.717) is 6.04 Å². The molecule has 1 aromatic heterocycles. The first-order valence-electron chi connectivity index (χ1n) is 11.6. The number of nitrogens with zero attached hydrogens (tertiary/aromatic N) is 4. The van der Waals surface area contributed by atoms with E-state index in [9.17, 15) is 0 Å². The Morgan fingerprint density at radius 1 is 1.03 bits per heavy atom. The average molecular weight is 429 g/mol. The molecule has 0 amide bonds. The third-order valence-electron chi connectivity index (χ3n) is 7.48. The van der Waals surface area contributed by atoms with E-state index in [-0.39, 0.29) is 11.1 Å². The quantitative estimate of drug-likeness (QED) is 0.459. The van der Waals surface area contributed by atoms with Crippen molar-refractivity contribution in [3.8, 4) is 11.3 Å². The Morgan fingerprint density at radius 3 is 2.38 bits per heavy atom. The molecule has 0 saturated carbocycles. The number of piperidine rings is 1. The fourth-order valence-electron chi connectivity index (χ4n) is 5.29. The van der Waals surface area contributed by atoms with Gasteiger partial charge in [-0.3, -0.25) is 4.90 Å². The minimum atomic E-state index is 0.142. The summed E-state index contributed by atoms with van der Waals surface area (Å²) in [4.78, 5) is 4.83. The van der Waals surface area contributed by atoms with Gasteiger partial charge >= 0.3 is 0 Å². The monoisotopic (exact) mass is 428 g/mol. The average Bonchev–Trinajstić information content (AvgIpc) is 2.76. The lowest BCUT2D eigenvalue weighted by Gasteiger charge is -2.55. The molecule has 1 aliphatic heterocycles. The lowest BCUT2D eigenvalue weighted by molar-refractivity contribution is -0.0120. The van der Waals surface area contributed by atoms with Gasteiger partial charge < -0.3 is 4.90 Å². The van der Waals surface area contributed by atoms with Gasteiger partial charge in [0.2, 0.25) is 0 Å². The fraction of sp³-hybridized carbons (Fsp3) is 0.429. The van der Waals surface area contributed by atoms with Gasteiger partial charge in [-0.1, -0.05) is 36.4 Å². The van der Waals surface area contributed by atoms with Crippen LogP contribution in [-0.4, -0.2) is 46.3 Å². The second-order valence-electron chi connectivity index (χ2n) is 10.5. The second kappa shape index (κ2) is 8.32. The van der Waals surface area contributed by atoms with Crippen LogP contribution in [0.3, 0.4) is 0 Å². The van der Waals surface area contributed by atoms with Gasteiger partial charge in [0.05, 0.1) is 5.69 Å². The van der Waals surface area contributed by atoms with Crippen molar-refractivity contribution in [1.82, 2.24) is 15.1 Å². The number of benzene rings is 2. The summed E-state index contributed by atoms with van der Waals surface area (Å²) in [5, 5.41) is 11.7. The van der Waals surface area contributed by atoms with Gasteiger partial charge in [-0.2, -0.15) is 0 Å². The Bertz CT molecular complexity index is 1100. The summed E-state index contributed by atoms with van der Waals surface area (Å²) in [5.74, 6) is 0.934. The van der Waals surface area contributed by atoms with Crippen LogP contribution in [0.5, 0.6) is 0 Å². The molecule has 4 rings (SSSR count). The van der Waals surface area contributed by atoms with Gasteiger partial charge in [0, 0.05) is 29.7 Å². The van der Waals surface area contributed by atoms with Crippen molar-refractivity contribution in [3.05, 3.63) is 66.7 Å². The molecule has 0 spiro atoms. The first-order chi connectivity index (χ1) is 15.1. The zero-order valence-corrected chi connectivity index (χ0v) is 20.4. The van der Waals surface area contributed by atoms with E-state index in [1.165, 1.54) is 16.3 Å². The Labute approximate surface area is 193 Å². The van der Waals surface area contributed by atoms with Crippen molar-refractivity contribution in [2.24, 2.45) is 0 Å². The van der Waals surface area contributed by atoms with Crippen molar-refractivity contribution >= 4 is 16.6 Å². The summed E-state index contributed by atoms with van der Waals surface area (Å²) in [6.07, 6.45) is 5.03. The summed E-state index contributed by atoms with van der Waals surface area (Å²) >= 11 is 0. The van der Waals surface area contributed by atoms with Crippen molar-refractivity contribution < 1.29 is 0 Å². The minimum Gasteiger partial charge on any atom is -0.355 e. The first-order valence-corrected chi connectivity index (χ1v) is 11.6. The van der Waals surface area contributed by atoms with E-state index in [0.717, 1.165) is 36.3 Å². The molecular formula is C28H36N4. The molecule has 0 radical (unpaired) electrons. The summed E-state index contributed by atoms with van der Waals surface area (Å²) in [7, 11) is 4.40. The van der Waals surface area contributed by atoms with Crippen LogP contribution in [0.25, 0.3) is 22.0 Å². The van der Waals surface area contributed by atoms with Crippen LogP contribution in [-0.2, 0) is 6.42 Å². The van der Waals surface area contributed by atoms with Crippen LogP contribution in [0.2, 0.25) is 0 Å². The lowest BCUT2D eigenvalue weighted by atomic mass is 9.77. The molecule has 1 saturated heterocycles. The zero-order chi connectivity index (χ0) is 23.1. The van der Waals surface area contributed by atoms with E-state index in [1.807, 2.05) is 6.08 Å². The number of hydrogen-bond donors (Lipinski definition) is 0. The number of hydrogen-bond acceptors (Lipinski definition) is 4. The number of anilines is 1. The Balaban J connectivity index is 1.57. The second-order valence-corrected chi connectivity index (χ2v) is 10.5. The third-order valence-corrected chi connectivity index (χ3v) is 7.48. The van der Waals surface area contributed by atoms with Gasteiger partial charge in [-0.15, -0.1) is 16.8 Å². The molecular weight excluding hydrogens is 392 g/mol. The molecule has 3 aromatic rings. The van der Waals surface area contributed by atoms with Crippen LogP contribution in [0.4, 0.5) is 5.82 Å². The maximum absolute atomic E-state index is 4.62. The van der Waals surface area contributed by atoms with Gasteiger partial charge in [0.25, 0.3) is 0 Å². The smallest absolute Gasteiger partial charge is 0.151 e. The van der Waals surface area contributed by atoms with E-state index in [2.05, 4.69) is 117 Å². The summed E-state index contributed by atoms with van der Waals surface area (Å²) in [6.45, 7) is 13.2. The van der Waals surface area contributed by atoms with E-state index >= 15 is 0 Å². The zero-order valence-electron chi connectivity index (χ0n) is 20.4. The Morgan fingerprint density at radius 2 is 1.75 bits per heavy atom. The molecule has 0 N–H and O–H groups in total. The predicted octanol–water partition coefficient (Wildman–Crippen LogP) is 6.11. The summed E-state index contributed by atoms with van der Waals surface area (Å²) < 4.78 is 0. The lowest BCUT2D eigenvalue weighted by Crippen LogP contribution is -2.62. The molecule has 32 heavy (non-hydrogen) atoms. The number of rotatable bonds is 5. The van der Waals surface area contributed by atoms with E-state index in [4.69, 9.17) is 0 Å². The number of aromatic nitrogens is 2. The number of fused-ring (bicyclic) bond motifs is 1.